The fourth-order valence-electron chi connectivity index (χ4n) is 1.91. The van der Waals surface area contributed by atoms with Crippen molar-refractivity contribution in [1.82, 2.24) is 9.55 Å². The number of aryl methyl sites for hydroxylation is 2. The fourth-order valence-corrected chi connectivity index (χ4v) is 1.91. The Balaban J connectivity index is 2.18. The number of rotatable bonds is 3. The van der Waals surface area contributed by atoms with Crippen molar-refractivity contribution < 1.29 is 13.2 Å². The number of hydrogen-bond acceptors (Lipinski definition) is 2. The van der Waals surface area contributed by atoms with Crippen molar-refractivity contribution in [3.8, 4) is 0 Å². The number of anilines is 1. The smallest absolute Gasteiger partial charge is 0.352 e. The average molecular weight is 269 g/mol. The number of aromatic nitrogens is 2. The summed E-state index contributed by atoms with van der Waals surface area (Å²) >= 11 is 0. The molecule has 0 fully saturated rings. The van der Waals surface area contributed by atoms with Crippen molar-refractivity contribution in [3.05, 3.63) is 47.3 Å². The van der Waals surface area contributed by atoms with E-state index in [1.807, 2.05) is 6.92 Å². The van der Waals surface area contributed by atoms with Crippen molar-refractivity contribution >= 4 is 5.95 Å². The van der Waals surface area contributed by atoms with E-state index in [-0.39, 0.29) is 12.1 Å². The molecule has 2 rings (SSSR count). The van der Waals surface area contributed by atoms with Crippen molar-refractivity contribution in [3.63, 3.8) is 0 Å². The van der Waals surface area contributed by atoms with Crippen molar-refractivity contribution in [2.75, 3.05) is 5.32 Å². The molecular weight excluding hydrogens is 255 g/mol. The molecule has 0 radical (unpaired) electrons. The Morgan fingerprint density at radius 3 is 2.53 bits per heavy atom. The van der Waals surface area contributed by atoms with Gasteiger partial charge in [0, 0.05) is 19.8 Å². The van der Waals surface area contributed by atoms with E-state index in [0.29, 0.717) is 5.95 Å². The van der Waals surface area contributed by atoms with E-state index in [0.717, 1.165) is 11.8 Å². The Kier molecular flexibility index (Phi) is 3.50. The van der Waals surface area contributed by atoms with Crippen molar-refractivity contribution in [1.29, 1.82) is 0 Å². The number of nitrogens with zero attached hydrogens (tertiary/aromatic N) is 2. The molecule has 3 nitrogen and oxygen atoms in total. The lowest BCUT2D eigenvalue weighted by Gasteiger charge is -2.13. The molecule has 19 heavy (non-hydrogen) atoms. The highest BCUT2D eigenvalue weighted by Crippen LogP contribution is 2.32. The Hall–Kier alpha value is -1.98. The van der Waals surface area contributed by atoms with E-state index in [2.05, 4.69) is 10.3 Å². The quantitative estimate of drug-likeness (QED) is 0.926. The number of nitrogens with one attached hydrogen (secondary N) is 1. The third-order valence-corrected chi connectivity index (χ3v) is 2.76. The zero-order chi connectivity index (χ0) is 14.0. The van der Waals surface area contributed by atoms with Gasteiger partial charge < -0.3 is 9.88 Å². The van der Waals surface area contributed by atoms with Crippen LogP contribution in [0.15, 0.2) is 30.5 Å². The Bertz CT molecular complexity index is 573. The lowest BCUT2D eigenvalue weighted by atomic mass is 10.1. The SMILES string of the molecule is Cc1cn(C)c(NCc2ccccc2C(F)(F)F)n1. The van der Waals surface area contributed by atoms with Crippen LogP contribution < -0.4 is 5.32 Å². The molecule has 0 saturated heterocycles. The molecule has 1 aromatic heterocycles. The Morgan fingerprint density at radius 2 is 1.95 bits per heavy atom. The predicted octanol–water partition coefficient (Wildman–Crippen LogP) is 3.36. The van der Waals surface area contributed by atoms with Crippen LogP contribution in [0.3, 0.4) is 0 Å². The number of alkyl halides is 3. The second-order valence-electron chi connectivity index (χ2n) is 4.33. The number of hydrogen-bond donors (Lipinski definition) is 1. The minimum Gasteiger partial charge on any atom is -0.352 e. The highest BCUT2D eigenvalue weighted by Gasteiger charge is 2.32. The molecule has 0 aliphatic rings. The molecule has 1 aromatic carbocycles. The van der Waals surface area contributed by atoms with Crippen LogP contribution in [0.1, 0.15) is 16.8 Å². The normalized spacial score (nSPS) is 11.6. The molecule has 0 spiro atoms. The first kappa shape index (κ1) is 13.5. The molecule has 0 aliphatic carbocycles. The number of imidazole rings is 1. The topological polar surface area (TPSA) is 29.9 Å². The molecule has 6 heteroatoms. The van der Waals surface area contributed by atoms with Gasteiger partial charge in [-0.2, -0.15) is 13.2 Å². The second kappa shape index (κ2) is 4.95. The van der Waals surface area contributed by atoms with E-state index in [1.54, 1.807) is 23.9 Å². The van der Waals surface area contributed by atoms with Crippen molar-refractivity contribution in [2.45, 2.75) is 19.6 Å². The molecule has 0 bridgehead atoms. The third-order valence-electron chi connectivity index (χ3n) is 2.76. The minimum atomic E-state index is -4.34. The first-order valence-corrected chi connectivity index (χ1v) is 5.77. The molecule has 0 atom stereocenters. The fraction of sp³-hybridized carbons (Fsp3) is 0.308. The van der Waals surface area contributed by atoms with Gasteiger partial charge in [-0.1, -0.05) is 18.2 Å². The maximum atomic E-state index is 12.8. The van der Waals surface area contributed by atoms with Gasteiger partial charge in [-0.25, -0.2) is 4.98 Å². The van der Waals surface area contributed by atoms with Crippen LogP contribution in [0.2, 0.25) is 0 Å². The number of halogens is 3. The van der Waals surface area contributed by atoms with Crippen LogP contribution in [0.5, 0.6) is 0 Å². The van der Waals surface area contributed by atoms with E-state index >= 15 is 0 Å². The van der Waals surface area contributed by atoms with Gasteiger partial charge >= 0.3 is 6.18 Å². The van der Waals surface area contributed by atoms with Crippen LogP contribution in [-0.2, 0) is 19.8 Å². The van der Waals surface area contributed by atoms with Gasteiger partial charge in [0.05, 0.1) is 11.3 Å². The maximum Gasteiger partial charge on any atom is 0.416 e. The first-order chi connectivity index (χ1) is 8.88. The van der Waals surface area contributed by atoms with E-state index in [1.165, 1.54) is 12.1 Å². The highest BCUT2D eigenvalue weighted by molar-refractivity contribution is 5.35. The first-order valence-electron chi connectivity index (χ1n) is 5.77. The molecule has 0 amide bonds. The molecular formula is C13H14F3N3. The lowest BCUT2D eigenvalue weighted by molar-refractivity contribution is -0.138. The van der Waals surface area contributed by atoms with Crippen molar-refractivity contribution in [2.24, 2.45) is 7.05 Å². The summed E-state index contributed by atoms with van der Waals surface area (Å²) < 4.78 is 40.2. The van der Waals surface area contributed by atoms with Crippen LogP contribution >= 0.6 is 0 Å². The van der Waals surface area contributed by atoms with Crippen LogP contribution in [0, 0.1) is 6.92 Å². The summed E-state index contributed by atoms with van der Waals surface area (Å²) in [5.74, 6) is 0.550. The summed E-state index contributed by atoms with van der Waals surface area (Å²) in [7, 11) is 1.79. The Labute approximate surface area is 109 Å². The monoisotopic (exact) mass is 269 g/mol. The van der Waals surface area contributed by atoms with E-state index < -0.39 is 11.7 Å². The van der Waals surface area contributed by atoms with Gasteiger partial charge in [0.15, 0.2) is 0 Å². The zero-order valence-electron chi connectivity index (χ0n) is 10.6. The van der Waals surface area contributed by atoms with Gasteiger partial charge in [0.25, 0.3) is 0 Å². The average Bonchev–Trinajstić information content (AvgIpc) is 2.64. The van der Waals surface area contributed by atoms with Crippen LogP contribution in [-0.4, -0.2) is 9.55 Å². The molecule has 2 aromatic rings. The van der Waals surface area contributed by atoms with E-state index in [9.17, 15) is 13.2 Å². The largest absolute Gasteiger partial charge is 0.416 e. The van der Waals surface area contributed by atoms with Crippen LogP contribution in [0.4, 0.5) is 19.1 Å². The van der Waals surface area contributed by atoms with Gasteiger partial charge in [0.2, 0.25) is 5.95 Å². The standard InChI is InChI=1S/C13H14F3N3/c1-9-8-19(2)12(18-9)17-7-10-5-3-4-6-11(10)13(14,15)16/h3-6,8H,7H2,1-2H3,(H,17,18). The zero-order valence-corrected chi connectivity index (χ0v) is 10.6. The summed E-state index contributed by atoms with van der Waals surface area (Å²) in [5.41, 5.74) is 0.401. The summed E-state index contributed by atoms with van der Waals surface area (Å²) in [6.07, 6.45) is -2.53. The molecule has 0 saturated carbocycles. The summed E-state index contributed by atoms with van der Waals surface area (Å²) in [4.78, 5) is 4.19. The lowest BCUT2D eigenvalue weighted by Crippen LogP contribution is -2.12. The summed E-state index contributed by atoms with van der Waals surface area (Å²) in [6, 6.07) is 5.53. The van der Waals surface area contributed by atoms with Gasteiger partial charge in [0.1, 0.15) is 0 Å². The summed E-state index contributed by atoms with van der Waals surface area (Å²) in [5, 5.41) is 2.91. The minimum absolute atomic E-state index is 0.0833. The molecule has 1 heterocycles. The number of benzene rings is 1. The predicted molar refractivity (Wildman–Crippen MR) is 66.7 cm³/mol. The Morgan fingerprint density at radius 1 is 1.26 bits per heavy atom. The van der Waals surface area contributed by atoms with Gasteiger partial charge in [-0.05, 0) is 18.6 Å². The van der Waals surface area contributed by atoms with Gasteiger partial charge in [-0.3, -0.25) is 0 Å². The molecule has 0 aliphatic heterocycles. The second-order valence-corrected chi connectivity index (χ2v) is 4.33. The van der Waals surface area contributed by atoms with Crippen LogP contribution in [0.25, 0.3) is 0 Å². The molecule has 1 N–H and O–H groups in total. The molecule has 102 valence electrons. The third kappa shape index (κ3) is 3.07. The van der Waals surface area contributed by atoms with E-state index in [4.69, 9.17) is 0 Å². The summed E-state index contributed by atoms with van der Waals surface area (Å²) in [6.45, 7) is 1.91. The maximum absolute atomic E-state index is 12.8. The molecule has 0 unspecified atom stereocenters. The highest BCUT2D eigenvalue weighted by atomic mass is 19.4. The van der Waals surface area contributed by atoms with Gasteiger partial charge in [-0.15, -0.1) is 0 Å².